The third kappa shape index (κ3) is 7.32. The number of carbonyl (C=O) groups is 1. The molecule has 37 heavy (non-hydrogen) atoms. The first-order valence-electron chi connectivity index (χ1n) is 15.1. The summed E-state index contributed by atoms with van der Waals surface area (Å²) in [6.45, 7) is 12.4. The quantitative estimate of drug-likeness (QED) is 0.223. The fourth-order valence-electron chi connectivity index (χ4n) is 9.24. The van der Waals surface area contributed by atoms with Crippen LogP contribution in [0.25, 0.3) is 0 Å². The van der Waals surface area contributed by atoms with Gasteiger partial charge in [0.25, 0.3) is 0 Å². The summed E-state index contributed by atoms with van der Waals surface area (Å²) in [5.74, 6) is 3.64. The molecule has 4 aliphatic carbocycles. The molecule has 0 saturated heterocycles. The molecule has 0 N–H and O–H groups in total. The van der Waals surface area contributed by atoms with E-state index in [0.29, 0.717) is 42.0 Å². The number of carbonyl (C=O) groups excluding carboxylic acids is 1. The van der Waals surface area contributed by atoms with E-state index in [0.717, 1.165) is 34.6 Å². The Labute approximate surface area is 227 Å². The topological polar surface area (TPSA) is 58.6 Å². The Kier molecular flexibility index (Phi) is 10.2. The number of carboxylic acids is 1. The fraction of sp³-hybridized carbons (Fsp3) is 0.906. The minimum atomic E-state index is -0.890. The molecule has 214 valence electrons. The predicted molar refractivity (Wildman–Crippen MR) is 148 cm³/mol. The van der Waals surface area contributed by atoms with Gasteiger partial charge in [-0.2, -0.15) is 0 Å². The molecule has 5 heteroatoms. The number of hydrogen-bond donors (Lipinski definition) is 0. The highest BCUT2D eigenvalue weighted by Crippen LogP contribution is 2.68. The normalized spacial score (nSPS) is 39.8. The van der Waals surface area contributed by atoms with Crippen molar-refractivity contribution in [3.63, 3.8) is 0 Å². The maximum atomic E-state index is 11.0. The van der Waals surface area contributed by atoms with Crippen molar-refractivity contribution in [2.24, 2.45) is 46.3 Å². The van der Waals surface area contributed by atoms with Gasteiger partial charge in [-0.3, -0.25) is 0 Å². The van der Waals surface area contributed by atoms with Crippen molar-refractivity contribution in [1.29, 1.82) is 0 Å². The molecular weight excluding hydrogens is 462 g/mol. The van der Waals surface area contributed by atoms with E-state index in [4.69, 9.17) is 9.47 Å². The maximum Gasteiger partial charge on any atom is 0.111 e. The van der Waals surface area contributed by atoms with Gasteiger partial charge in [0, 0.05) is 5.97 Å². The molecule has 0 amide bonds. The Balaban J connectivity index is 0.000000695. The summed E-state index contributed by atoms with van der Waals surface area (Å²) in [6.07, 6.45) is 14.7. The van der Waals surface area contributed by atoms with Crippen molar-refractivity contribution in [1.82, 2.24) is 0 Å². The van der Waals surface area contributed by atoms with Gasteiger partial charge >= 0.3 is 0 Å². The maximum absolute atomic E-state index is 11.0. The van der Waals surface area contributed by atoms with E-state index < -0.39 is 5.97 Å². The number of nitrogens with zero attached hydrogens (tertiary/aromatic N) is 1. The summed E-state index contributed by atoms with van der Waals surface area (Å²) in [7, 11) is 8.50. The molecule has 4 rings (SSSR count). The minimum Gasteiger partial charge on any atom is -0.550 e. The largest absolute Gasteiger partial charge is 0.550 e. The van der Waals surface area contributed by atoms with Crippen LogP contribution in [0, 0.1) is 46.3 Å². The fourth-order valence-corrected chi connectivity index (χ4v) is 9.24. The first kappa shape index (κ1) is 30.5. The molecule has 0 bridgehead atoms. The Hall–Kier alpha value is -1.07. The van der Waals surface area contributed by atoms with Gasteiger partial charge in [0.2, 0.25) is 0 Å². The molecule has 4 saturated carbocycles. The van der Waals surface area contributed by atoms with E-state index in [2.05, 4.69) is 55.5 Å². The molecule has 0 aromatic rings. The molecule has 0 unspecified atom stereocenters. The van der Waals surface area contributed by atoms with Gasteiger partial charge in [0.1, 0.15) is 6.61 Å². The number of carboxylic acid groups (broad SMARTS) is 1. The second kappa shape index (κ2) is 12.4. The average Bonchev–Trinajstić information content (AvgIpc) is 3.16. The minimum absolute atomic E-state index is 0.215. The van der Waals surface area contributed by atoms with Crippen molar-refractivity contribution in [2.45, 2.75) is 97.5 Å². The molecule has 0 heterocycles. The zero-order valence-electron chi connectivity index (χ0n) is 25.1. The molecule has 0 aromatic carbocycles. The molecule has 0 spiro atoms. The number of rotatable bonds is 9. The van der Waals surface area contributed by atoms with Gasteiger partial charge in [-0.05, 0) is 117 Å². The molecule has 9 atom stereocenters. The summed E-state index contributed by atoms with van der Waals surface area (Å²) in [6, 6.07) is 0. The molecule has 4 fully saturated rings. The van der Waals surface area contributed by atoms with Gasteiger partial charge < -0.3 is 23.9 Å². The Bertz CT molecular complexity index is 756. The lowest BCUT2D eigenvalue weighted by molar-refractivity contribution is -0.849. The zero-order chi connectivity index (χ0) is 27.4. The van der Waals surface area contributed by atoms with Gasteiger partial charge in [-0.25, -0.2) is 0 Å². The SMILES string of the molecule is C=COCCO[C@@H]1CC[C@@]2(C)[C@H](CC[C@@H]3[C@@H]2CC[C@]2(C)[C@@H]([C@H](C)CCC(=O)[O-])CC[C@@H]32)C1.C[N+](C)(C)C. The van der Waals surface area contributed by atoms with E-state index in [1.165, 1.54) is 64.0 Å². The van der Waals surface area contributed by atoms with Gasteiger partial charge in [-0.15, -0.1) is 0 Å². The second-order valence-electron chi connectivity index (χ2n) is 14.8. The monoisotopic (exact) mass is 519 g/mol. The third-order valence-electron chi connectivity index (χ3n) is 10.9. The Morgan fingerprint density at radius 3 is 2.30 bits per heavy atom. The van der Waals surface area contributed by atoms with Gasteiger partial charge in [-0.1, -0.05) is 27.4 Å². The first-order valence-corrected chi connectivity index (χ1v) is 15.1. The van der Waals surface area contributed by atoms with Crippen LogP contribution in [0.3, 0.4) is 0 Å². The highest BCUT2D eigenvalue weighted by Gasteiger charge is 2.60. The lowest BCUT2D eigenvalue weighted by atomic mass is 9.44. The highest BCUT2D eigenvalue weighted by atomic mass is 16.5. The Morgan fingerprint density at radius 2 is 1.65 bits per heavy atom. The average molecular weight is 520 g/mol. The van der Waals surface area contributed by atoms with Gasteiger partial charge in [0.05, 0.1) is 47.2 Å². The van der Waals surface area contributed by atoms with Crippen LogP contribution in [0.1, 0.15) is 91.4 Å². The molecule has 4 aliphatic rings. The Morgan fingerprint density at radius 1 is 1.00 bits per heavy atom. The van der Waals surface area contributed by atoms with E-state index in [1.54, 1.807) is 0 Å². The van der Waals surface area contributed by atoms with E-state index in [1.807, 2.05) is 0 Å². The zero-order valence-corrected chi connectivity index (χ0v) is 25.1. The molecule has 0 aromatic heterocycles. The van der Waals surface area contributed by atoms with Crippen molar-refractivity contribution in [2.75, 3.05) is 41.4 Å². The van der Waals surface area contributed by atoms with Crippen molar-refractivity contribution in [3.05, 3.63) is 12.8 Å². The van der Waals surface area contributed by atoms with Crippen LogP contribution < -0.4 is 5.11 Å². The number of quaternary nitrogens is 1. The number of fused-ring (bicyclic) bond motifs is 5. The van der Waals surface area contributed by atoms with E-state index >= 15 is 0 Å². The van der Waals surface area contributed by atoms with E-state index in [9.17, 15) is 9.90 Å². The third-order valence-corrected chi connectivity index (χ3v) is 10.9. The summed E-state index contributed by atoms with van der Waals surface area (Å²) in [4.78, 5) is 11.0. The van der Waals surface area contributed by atoms with Crippen LogP contribution >= 0.6 is 0 Å². The standard InChI is InChI=1S/C28H46O4.C4H12N/c1-5-31-16-17-32-21-12-14-27(3)20(18-21)7-8-22-24-10-9-23(19(2)6-11-26(29)30)28(24,4)15-13-25(22)27;1-5(2,3)4/h5,19-25H,1,6-18H2,2-4H3,(H,29,30);1-4H3/q;+1/p-1/t19-,20-,21-,22+,23-,24+,25+,27+,28-;/m1./s1. The summed E-state index contributed by atoms with van der Waals surface area (Å²) < 4.78 is 12.4. The molecular formula is C32H57NO4. The summed E-state index contributed by atoms with van der Waals surface area (Å²) in [5.41, 5.74) is 0.877. The van der Waals surface area contributed by atoms with Crippen LogP contribution in [0.4, 0.5) is 0 Å². The van der Waals surface area contributed by atoms with Crippen LogP contribution in [0.2, 0.25) is 0 Å². The lowest BCUT2D eigenvalue weighted by Gasteiger charge is -2.61. The van der Waals surface area contributed by atoms with Crippen molar-refractivity contribution >= 4 is 5.97 Å². The molecule has 5 nitrogen and oxygen atoms in total. The van der Waals surface area contributed by atoms with E-state index in [-0.39, 0.29) is 6.42 Å². The number of hydrogen-bond acceptors (Lipinski definition) is 4. The van der Waals surface area contributed by atoms with Gasteiger partial charge in [0.15, 0.2) is 0 Å². The van der Waals surface area contributed by atoms with Crippen LogP contribution in [-0.4, -0.2) is 58.0 Å². The number of aliphatic carboxylic acids is 1. The van der Waals surface area contributed by atoms with Crippen LogP contribution in [-0.2, 0) is 14.3 Å². The van der Waals surface area contributed by atoms with Crippen LogP contribution in [0.5, 0.6) is 0 Å². The first-order chi connectivity index (χ1) is 17.3. The lowest BCUT2D eigenvalue weighted by Crippen LogP contribution is -2.54. The van der Waals surface area contributed by atoms with Crippen molar-refractivity contribution < 1.29 is 23.9 Å². The highest BCUT2D eigenvalue weighted by molar-refractivity contribution is 5.64. The number of ether oxygens (including phenoxy) is 2. The molecule has 0 aliphatic heterocycles. The molecule has 0 radical (unpaired) electrons. The van der Waals surface area contributed by atoms with Crippen molar-refractivity contribution in [3.8, 4) is 0 Å². The predicted octanol–water partition coefficient (Wildman–Crippen LogP) is 5.68. The summed E-state index contributed by atoms with van der Waals surface area (Å²) >= 11 is 0. The van der Waals surface area contributed by atoms with Crippen LogP contribution in [0.15, 0.2) is 12.8 Å². The smallest absolute Gasteiger partial charge is 0.111 e. The second-order valence-corrected chi connectivity index (χ2v) is 14.8. The summed E-state index contributed by atoms with van der Waals surface area (Å²) in [5, 5.41) is 11.0.